The van der Waals surface area contributed by atoms with Gasteiger partial charge in [-0.2, -0.15) is 5.26 Å². The van der Waals surface area contributed by atoms with Crippen molar-refractivity contribution >= 4 is 5.82 Å². The van der Waals surface area contributed by atoms with Gasteiger partial charge in [0.05, 0.1) is 17.8 Å². The van der Waals surface area contributed by atoms with E-state index in [2.05, 4.69) is 15.5 Å². The van der Waals surface area contributed by atoms with Crippen LogP contribution < -0.4 is 5.32 Å². The minimum atomic E-state index is 0.528. The van der Waals surface area contributed by atoms with E-state index < -0.39 is 0 Å². The normalized spacial score (nSPS) is 9.75. The Hall–Kier alpha value is -2.35. The SMILES string of the molecule is Cc1cc(CNc2ccc(C#N)cn2)on1. The van der Waals surface area contributed by atoms with Gasteiger partial charge in [0.25, 0.3) is 0 Å². The Morgan fingerprint density at radius 3 is 2.94 bits per heavy atom. The summed E-state index contributed by atoms with van der Waals surface area (Å²) >= 11 is 0. The van der Waals surface area contributed by atoms with E-state index in [-0.39, 0.29) is 0 Å². The van der Waals surface area contributed by atoms with Crippen LogP contribution >= 0.6 is 0 Å². The van der Waals surface area contributed by atoms with E-state index in [1.807, 2.05) is 19.1 Å². The number of nitriles is 1. The summed E-state index contributed by atoms with van der Waals surface area (Å²) < 4.78 is 5.04. The van der Waals surface area contributed by atoms with Crippen LogP contribution in [0.1, 0.15) is 17.0 Å². The van der Waals surface area contributed by atoms with Crippen LogP contribution in [0.25, 0.3) is 0 Å². The Labute approximate surface area is 92.7 Å². The summed E-state index contributed by atoms with van der Waals surface area (Å²) in [4.78, 5) is 4.08. The Morgan fingerprint density at radius 2 is 2.38 bits per heavy atom. The highest BCUT2D eigenvalue weighted by Gasteiger charge is 2.00. The fourth-order valence-electron chi connectivity index (χ4n) is 1.24. The summed E-state index contributed by atoms with van der Waals surface area (Å²) in [7, 11) is 0. The molecule has 0 aliphatic heterocycles. The molecule has 5 heteroatoms. The summed E-state index contributed by atoms with van der Waals surface area (Å²) in [5, 5.41) is 15.5. The molecule has 16 heavy (non-hydrogen) atoms. The second kappa shape index (κ2) is 4.45. The number of hydrogen-bond donors (Lipinski definition) is 1. The highest BCUT2D eigenvalue weighted by Crippen LogP contribution is 2.07. The molecule has 0 aliphatic rings. The van der Waals surface area contributed by atoms with Gasteiger partial charge in [-0.05, 0) is 19.1 Å². The maximum atomic E-state index is 8.61. The van der Waals surface area contributed by atoms with Crippen LogP contribution in [0.2, 0.25) is 0 Å². The van der Waals surface area contributed by atoms with Gasteiger partial charge in [0, 0.05) is 12.3 Å². The van der Waals surface area contributed by atoms with E-state index in [0.29, 0.717) is 17.9 Å². The molecule has 0 saturated heterocycles. The van der Waals surface area contributed by atoms with Crippen LogP contribution in [0.5, 0.6) is 0 Å². The summed E-state index contributed by atoms with van der Waals surface area (Å²) in [5.41, 5.74) is 1.39. The highest BCUT2D eigenvalue weighted by molar-refractivity contribution is 5.39. The molecule has 0 aliphatic carbocycles. The lowest BCUT2D eigenvalue weighted by Gasteiger charge is -2.01. The quantitative estimate of drug-likeness (QED) is 0.844. The predicted molar refractivity (Wildman–Crippen MR) is 57.5 cm³/mol. The van der Waals surface area contributed by atoms with Crippen molar-refractivity contribution in [3.63, 3.8) is 0 Å². The topological polar surface area (TPSA) is 74.7 Å². The summed E-state index contributed by atoms with van der Waals surface area (Å²) in [6.45, 7) is 2.40. The summed E-state index contributed by atoms with van der Waals surface area (Å²) in [6.07, 6.45) is 1.52. The van der Waals surface area contributed by atoms with Gasteiger partial charge in [-0.3, -0.25) is 0 Å². The molecule has 2 aromatic rings. The molecule has 80 valence electrons. The van der Waals surface area contributed by atoms with Gasteiger partial charge >= 0.3 is 0 Å². The van der Waals surface area contributed by atoms with E-state index in [9.17, 15) is 0 Å². The van der Waals surface area contributed by atoms with E-state index in [0.717, 1.165) is 11.5 Å². The van der Waals surface area contributed by atoms with Gasteiger partial charge in [0.1, 0.15) is 11.9 Å². The minimum absolute atomic E-state index is 0.528. The number of pyridine rings is 1. The van der Waals surface area contributed by atoms with Gasteiger partial charge in [0.2, 0.25) is 0 Å². The van der Waals surface area contributed by atoms with Crippen LogP contribution in [-0.2, 0) is 6.54 Å². The maximum absolute atomic E-state index is 8.61. The molecule has 0 amide bonds. The van der Waals surface area contributed by atoms with Gasteiger partial charge < -0.3 is 9.84 Å². The molecule has 0 spiro atoms. The Bertz CT molecular complexity index is 510. The number of aryl methyl sites for hydroxylation is 1. The van der Waals surface area contributed by atoms with Gasteiger partial charge in [0.15, 0.2) is 5.76 Å². The van der Waals surface area contributed by atoms with Crippen molar-refractivity contribution in [1.29, 1.82) is 5.26 Å². The monoisotopic (exact) mass is 214 g/mol. The first-order valence-corrected chi connectivity index (χ1v) is 4.80. The Morgan fingerprint density at radius 1 is 1.50 bits per heavy atom. The number of aromatic nitrogens is 2. The van der Waals surface area contributed by atoms with E-state index in [4.69, 9.17) is 9.78 Å². The zero-order valence-corrected chi connectivity index (χ0v) is 8.77. The molecule has 0 aromatic carbocycles. The average Bonchev–Trinajstić information content (AvgIpc) is 2.73. The van der Waals surface area contributed by atoms with Gasteiger partial charge in [-0.1, -0.05) is 5.16 Å². The van der Waals surface area contributed by atoms with E-state index >= 15 is 0 Å². The first-order valence-electron chi connectivity index (χ1n) is 4.80. The summed E-state index contributed by atoms with van der Waals surface area (Å²) in [5.74, 6) is 1.46. The largest absolute Gasteiger partial charge is 0.363 e. The van der Waals surface area contributed by atoms with Crippen molar-refractivity contribution in [3.8, 4) is 6.07 Å². The van der Waals surface area contributed by atoms with Crippen molar-refractivity contribution in [2.45, 2.75) is 13.5 Å². The van der Waals surface area contributed by atoms with Crippen LogP contribution in [0.3, 0.4) is 0 Å². The summed E-state index contributed by atoms with van der Waals surface area (Å²) in [6, 6.07) is 7.33. The molecule has 0 atom stereocenters. The fourth-order valence-corrected chi connectivity index (χ4v) is 1.24. The molecule has 2 rings (SSSR count). The molecule has 0 radical (unpaired) electrons. The third-order valence-corrected chi connectivity index (χ3v) is 2.01. The lowest BCUT2D eigenvalue weighted by atomic mass is 10.3. The molecule has 2 heterocycles. The molecule has 1 N–H and O–H groups in total. The number of rotatable bonds is 3. The van der Waals surface area contributed by atoms with Crippen LogP contribution in [0.4, 0.5) is 5.82 Å². The van der Waals surface area contributed by atoms with Crippen LogP contribution in [-0.4, -0.2) is 10.1 Å². The number of nitrogens with zero attached hydrogens (tertiary/aromatic N) is 3. The first kappa shape index (κ1) is 10.2. The van der Waals surface area contributed by atoms with Crippen molar-refractivity contribution in [2.75, 3.05) is 5.32 Å². The molecule has 0 bridgehead atoms. The Balaban J connectivity index is 1.97. The van der Waals surface area contributed by atoms with E-state index in [1.165, 1.54) is 6.20 Å². The van der Waals surface area contributed by atoms with Gasteiger partial charge in [-0.15, -0.1) is 0 Å². The number of hydrogen-bond acceptors (Lipinski definition) is 5. The second-order valence-electron chi connectivity index (χ2n) is 3.33. The van der Waals surface area contributed by atoms with Crippen molar-refractivity contribution < 1.29 is 4.52 Å². The second-order valence-corrected chi connectivity index (χ2v) is 3.33. The first-order chi connectivity index (χ1) is 7.78. The molecule has 5 nitrogen and oxygen atoms in total. The van der Waals surface area contributed by atoms with Gasteiger partial charge in [-0.25, -0.2) is 4.98 Å². The predicted octanol–water partition coefficient (Wildman–Crippen LogP) is 1.86. The standard InChI is InChI=1S/C11H10N4O/c1-8-4-10(16-15-8)7-14-11-3-2-9(5-12)6-13-11/h2-4,6H,7H2,1H3,(H,13,14). The zero-order chi connectivity index (χ0) is 11.4. The molecular formula is C11H10N4O. The maximum Gasteiger partial charge on any atom is 0.156 e. The molecule has 0 unspecified atom stereocenters. The Kier molecular flexibility index (Phi) is 2.83. The number of nitrogens with one attached hydrogen (secondary N) is 1. The third kappa shape index (κ3) is 2.36. The third-order valence-electron chi connectivity index (χ3n) is 2.01. The van der Waals surface area contributed by atoms with Crippen molar-refractivity contribution in [3.05, 3.63) is 41.4 Å². The van der Waals surface area contributed by atoms with Crippen molar-refractivity contribution in [2.24, 2.45) is 0 Å². The number of anilines is 1. The highest BCUT2D eigenvalue weighted by atomic mass is 16.5. The molecule has 0 saturated carbocycles. The smallest absolute Gasteiger partial charge is 0.156 e. The zero-order valence-electron chi connectivity index (χ0n) is 8.77. The fraction of sp³-hybridized carbons (Fsp3) is 0.182. The van der Waals surface area contributed by atoms with E-state index in [1.54, 1.807) is 12.1 Å². The average molecular weight is 214 g/mol. The molecule has 0 fully saturated rings. The van der Waals surface area contributed by atoms with Crippen LogP contribution in [0.15, 0.2) is 28.9 Å². The molecular weight excluding hydrogens is 204 g/mol. The van der Waals surface area contributed by atoms with Crippen molar-refractivity contribution in [1.82, 2.24) is 10.1 Å². The lowest BCUT2D eigenvalue weighted by Crippen LogP contribution is -2.00. The molecule has 2 aromatic heterocycles. The van der Waals surface area contributed by atoms with Crippen LogP contribution in [0, 0.1) is 18.3 Å². The minimum Gasteiger partial charge on any atom is -0.363 e. The lowest BCUT2D eigenvalue weighted by molar-refractivity contribution is 0.384.